The number of thiazole rings is 1. The normalized spacial score (nSPS) is 10.2. The number of hydrogen-bond donors (Lipinski definition) is 1. The summed E-state index contributed by atoms with van der Waals surface area (Å²) in [5.41, 5.74) is 8.78. The second-order valence-corrected chi connectivity index (χ2v) is 4.93. The monoisotopic (exact) mass is 266 g/mol. The molecule has 4 nitrogen and oxygen atoms in total. The first-order chi connectivity index (χ1) is 8.17. The third-order valence-electron chi connectivity index (χ3n) is 2.52. The van der Waals surface area contributed by atoms with Gasteiger partial charge in [0.05, 0.1) is 0 Å². The molecule has 2 N–H and O–H groups in total. The molecule has 0 aliphatic carbocycles. The van der Waals surface area contributed by atoms with Crippen molar-refractivity contribution in [1.82, 2.24) is 4.98 Å². The van der Waals surface area contributed by atoms with E-state index in [9.17, 15) is 4.57 Å². The van der Waals surface area contributed by atoms with E-state index in [0.29, 0.717) is 16.4 Å². The molecule has 1 aromatic carbocycles. The molecule has 0 bridgehead atoms. The molecule has 0 fully saturated rings. The van der Waals surface area contributed by atoms with Gasteiger partial charge in [0.15, 0.2) is 0 Å². The Kier molecular flexibility index (Phi) is 3.53. The predicted octanol–water partition coefficient (Wildman–Crippen LogP) is 3.34. The minimum atomic E-state index is -0.286. The standard InChI is InChI=1S/C11H11N2O2PS/c1-3-7-6(2)4-8(15-5-16-14)9-10(7)17-11(12)13-9/h4H,3H2,1-2H3,(H2,12,13). The maximum absolute atomic E-state index is 10.3. The van der Waals surface area contributed by atoms with E-state index in [0.717, 1.165) is 16.7 Å². The zero-order chi connectivity index (χ0) is 12.4. The van der Waals surface area contributed by atoms with E-state index in [4.69, 9.17) is 10.5 Å². The van der Waals surface area contributed by atoms with Crippen molar-refractivity contribution in [3.05, 3.63) is 17.2 Å². The van der Waals surface area contributed by atoms with E-state index >= 15 is 0 Å². The average Bonchev–Trinajstić information content (AvgIpc) is 2.67. The molecule has 1 heterocycles. The first-order valence-corrected chi connectivity index (χ1v) is 6.73. The van der Waals surface area contributed by atoms with Gasteiger partial charge in [0.25, 0.3) is 0 Å². The van der Waals surface area contributed by atoms with Crippen LogP contribution in [-0.4, -0.2) is 4.98 Å². The number of fused-ring (bicyclic) bond motifs is 1. The van der Waals surface area contributed by atoms with Gasteiger partial charge in [-0.05, 0) is 0 Å². The Morgan fingerprint density at radius 3 is 3.06 bits per heavy atom. The Balaban J connectivity index is 2.75. The Labute approximate surface area is 104 Å². The number of benzene rings is 1. The zero-order valence-corrected chi connectivity index (χ0v) is 11.2. The van der Waals surface area contributed by atoms with Crippen LogP contribution in [0.2, 0.25) is 0 Å². The zero-order valence-electron chi connectivity index (χ0n) is 9.48. The summed E-state index contributed by atoms with van der Waals surface area (Å²) in [5, 5.41) is 0.504. The van der Waals surface area contributed by atoms with Crippen molar-refractivity contribution < 1.29 is 9.30 Å². The van der Waals surface area contributed by atoms with Crippen LogP contribution < -0.4 is 10.5 Å². The quantitative estimate of drug-likeness (QED) is 0.847. The summed E-state index contributed by atoms with van der Waals surface area (Å²) in [5.74, 6) is 2.82. The molecule has 0 atom stereocenters. The molecule has 2 rings (SSSR count). The molecule has 0 amide bonds. The van der Waals surface area contributed by atoms with Crippen molar-refractivity contribution in [2.24, 2.45) is 0 Å². The summed E-state index contributed by atoms with van der Waals surface area (Å²) in [7, 11) is -0.286. The van der Waals surface area contributed by atoms with Gasteiger partial charge >= 0.3 is 104 Å². The summed E-state index contributed by atoms with van der Waals surface area (Å²) in [6.07, 6.45) is 0.914. The summed E-state index contributed by atoms with van der Waals surface area (Å²) in [4.78, 5) is 4.24. The average molecular weight is 266 g/mol. The van der Waals surface area contributed by atoms with Gasteiger partial charge in [0.1, 0.15) is 0 Å². The fraction of sp³-hybridized carbons (Fsp3) is 0.273. The fourth-order valence-corrected chi connectivity index (χ4v) is 2.98. The van der Waals surface area contributed by atoms with Crippen molar-refractivity contribution in [3.63, 3.8) is 0 Å². The van der Waals surface area contributed by atoms with Gasteiger partial charge in [-0.3, -0.25) is 0 Å². The molecule has 17 heavy (non-hydrogen) atoms. The molecule has 2 aromatic rings. The van der Waals surface area contributed by atoms with Gasteiger partial charge in [-0.1, -0.05) is 0 Å². The molecule has 1 aromatic heterocycles. The topological polar surface area (TPSA) is 65.2 Å². The molecular weight excluding hydrogens is 255 g/mol. The Hall–Kier alpha value is -1.28. The van der Waals surface area contributed by atoms with E-state index in [1.165, 1.54) is 16.9 Å². The van der Waals surface area contributed by atoms with E-state index in [1.807, 2.05) is 13.0 Å². The van der Waals surface area contributed by atoms with Crippen LogP contribution in [0.15, 0.2) is 6.07 Å². The predicted molar refractivity (Wildman–Crippen MR) is 70.3 cm³/mol. The van der Waals surface area contributed by atoms with Crippen LogP contribution in [0.25, 0.3) is 10.2 Å². The second-order valence-electron chi connectivity index (χ2n) is 3.54. The van der Waals surface area contributed by atoms with Gasteiger partial charge in [-0.2, -0.15) is 0 Å². The molecule has 0 radical (unpaired) electrons. The van der Waals surface area contributed by atoms with Crippen LogP contribution in [0, 0.1) is 12.7 Å². The molecule has 0 unspecified atom stereocenters. The summed E-state index contributed by atoms with van der Waals surface area (Å²) >= 11 is 1.44. The van der Waals surface area contributed by atoms with E-state index in [1.54, 1.807) is 0 Å². The SMILES string of the molecule is CCc1c(C)cc(OC#P=O)c2nc(N)sc12. The van der Waals surface area contributed by atoms with Crippen LogP contribution in [0.3, 0.4) is 0 Å². The number of aryl methyl sites for hydroxylation is 2. The van der Waals surface area contributed by atoms with Crippen LogP contribution in [0.4, 0.5) is 5.13 Å². The van der Waals surface area contributed by atoms with E-state index < -0.39 is 0 Å². The second kappa shape index (κ2) is 4.92. The number of ether oxygens (including phenoxy) is 1. The number of nitrogens with two attached hydrogens (primary N) is 1. The minimum absolute atomic E-state index is 0.286. The van der Waals surface area contributed by atoms with Crippen LogP contribution in [0.5, 0.6) is 5.75 Å². The maximum atomic E-state index is 10.3. The Morgan fingerprint density at radius 1 is 1.65 bits per heavy atom. The molecule has 0 aliphatic rings. The molecule has 0 aliphatic heterocycles. The van der Waals surface area contributed by atoms with Crippen molar-refractivity contribution in [3.8, 4) is 11.6 Å². The van der Waals surface area contributed by atoms with Crippen LogP contribution in [-0.2, 0) is 11.0 Å². The summed E-state index contributed by atoms with van der Waals surface area (Å²) in [6, 6.07) is 1.87. The molecule has 0 saturated carbocycles. The fourth-order valence-electron chi connectivity index (χ4n) is 1.82. The molecule has 0 saturated heterocycles. The third kappa shape index (κ3) is 2.22. The van der Waals surface area contributed by atoms with Gasteiger partial charge in [0, 0.05) is 0 Å². The van der Waals surface area contributed by atoms with Crippen molar-refractivity contribution in [2.45, 2.75) is 20.3 Å². The molecule has 88 valence electrons. The van der Waals surface area contributed by atoms with Crippen LogP contribution in [0.1, 0.15) is 18.1 Å². The number of nitrogen functional groups attached to an aromatic ring is 1. The van der Waals surface area contributed by atoms with Gasteiger partial charge in [-0.15, -0.1) is 0 Å². The number of nitrogens with zero attached hydrogens (tertiary/aromatic N) is 1. The third-order valence-corrected chi connectivity index (χ3v) is 3.63. The Bertz CT molecular complexity index is 675. The number of aromatic nitrogens is 1. The molecule has 0 spiro atoms. The van der Waals surface area contributed by atoms with Crippen molar-refractivity contribution in [1.29, 1.82) is 0 Å². The molecular formula is C11H11N2O2PS. The van der Waals surface area contributed by atoms with Gasteiger partial charge < -0.3 is 0 Å². The van der Waals surface area contributed by atoms with E-state index in [2.05, 4.69) is 17.7 Å². The van der Waals surface area contributed by atoms with Crippen molar-refractivity contribution in [2.75, 3.05) is 5.73 Å². The number of hydrogen-bond acceptors (Lipinski definition) is 5. The van der Waals surface area contributed by atoms with Gasteiger partial charge in [0.2, 0.25) is 0 Å². The van der Waals surface area contributed by atoms with Gasteiger partial charge in [-0.25, -0.2) is 0 Å². The van der Waals surface area contributed by atoms with Crippen LogP contribution >= 0.6 is 19.3 Å². The Morgan fingerprint density at radius 2 is 2.41 bits per heavy atom. The first-order valence-electron chi connectivity index (χ1n) is 5.10. The molecule has 6 heteroatoms. The summed E-state index contributed by atoms with van der Waals surface area (Å²) < 4.78 is 16.6. The number of anilines is 1. The number of rotatable bonds is 2. The summed E-state index contributed by atoms with van der Waals surface area (Å²) in [6.45, 7) is 4.10. The van der Waals surface area contributed by atoms with Crippen molar-refractivity contribution >= 4 is 34.6 Å². The first kappa shape index (κ1) is 12.2. The van der Waals surface area contributed by atoms with E-state index in [-0.39, 0.29) is 7.92 Å².